The van der Waals surface area contributed by atoms with Crippen molar-refractivity contribution in [2.45, 2.75) is 13.5 Å². The molecule has 0 heterocycles. The maximum absolute atomic E-state index is 10.9. The predicted molar refractivity (Wildman–Crippen MR) is 69.6 cm³/mol. The number of carbonyl (C=O) groups is 1. The lowest BCUT2D eigenvalue weighted by Gasteiger charge is -2.00. The Labute approximate surface area is 107 Å². The van der Waals surface area contributed by atoms with Crippen molar-refractivity contribution in [1.29, 1.82) is 0 Å². The van der Waals surface area contributed by atoms with Crippen molar-refractivity contribution in [3.63, 3.8) is 0 Å². The summed E-state index contributed by atoms with van der Waals surface area (Å²) in [4.78, 5) is 10.9. The average Bonchev–Trinajstić information content (AvgIpc) is 2.39. The van der Waals surface area contributed by atoms with E-state index in [4.69, 9.17) is 9.47 Å². The summed E-state index contributed by atoms with van der Waals surface area (Å²) in [5.74, 6) is 4.26. The SMILES string of the molecule is CC#CC(=O)OC/C=C/COCc1ccccc1. The second-order valence-corrected chi connectivity index (χ2v) is 3.45. The molecule has 1 aromatic carbocycles. The van der Waals surface area contributed by atoms with Gasteiger partial charge in [0, 0.05) is 5.92 Å². The van der Waals surface area contributed by atoms with Crippen LogP contribution in [0.4, 0.5) is 0 Å². The third-order valence-electron chi connectivity index (χ3n) is 2.03. The van der Waals surface area contributed by atoms with Crippen LogP contribution in [0.3, 0.4) is 0 Å². The molecule has 0 bridgehead atoms. The summed E-state index contributed by atoms with van der Waals surface area (Å²) in [7, 11) is 0. The number of hydrogen-bond donors (Lipinski definition) is 0. The Hall–Kier alpha value is -2.05. The van der Waals surface area contributed by atoms with E-state index in [2.05, 4.69) is 11.8 Å². The maximum atomic E-state index is 10.9. The van der Waals surface area contributed by atoms with Gasteiger partial charge in [-0.15, -0.1) is 0 Å². The molecule has 0 saturated carbocycles. The minimum absolute atomic E-state index is 0.224. The Balaban J connectivity index is 2.07. The molecule has 0 saturated heterocycles. The van der Waals surface area contributed by atoms with Crippen molar-refractivity contribution in [3.8, 4) is 11.8 Å². The molecule has 0 aromatic heterocycles. The highest BCUT2D eigenvalue weighted by Gasteiger charge is 1.92. The van der Waals surface area contributed by atoms with Gasteiger partial charge in [-0.3, -0.25) is 0 Å². The topological polar surface area (TPSA) is 35.5 Å². The molecule has 0 aliphatic rings. The van der Waals surface area contributed by atoms with Gasteiger partial charge >= 0.3 is 5.97 Å². The van der Waals surface area contributed by atoms with E-state index in [0.29, 0.717) is 13.2 Å². The molecule has 0 aliphatic heterocycles. The Bertz CT molecular complexity index is 438. The molecule has 1 rings (SSSR count). The molecule has 3 nitrogen and oxygen atoms in total. The van der Waals surface area contributed by atoms with Crippen LogP contribution in [0.2, 0.25) is 0 Å². The summed E-state index contributed by atoms with van der Waals surface area (Å²) >= 11 is 0. The quantitative estimate of drug-likeness (QED) is 0.253. The molecule has 3 heteroatoms. The minimum atomic E-state index is -0.507. The van der Waals surface area contributed by atoms with Gasteiger partial charge in [-0.25, -0.2) is 4.79 Å². The smallest absolute Gasteiger partial charge is 0.384 e. The lowest BCUT2D eigenvalue weighted by molar-refractivity contribution is -0.135. The van der Waals surface area contributed by atoms with Gasteiger partial charge < -0.3 is 9.47 Å². The largest absolute Gasteiger partial charge is 0.452 e. The fraction of sp³-hybridized carbons (Fsp3) is 0.267. The first-order valence-corrected chi connectivity index (χ1v) is 5.69. The third kappa shape index (κ3) is 6.51. The van der Waals surface area contributed by atoms with Crippen molar-refractivity contribution < 1.29 is 14.3 Å². The fourth-order valence-corrected chi connectivity index (χ4v) is 1.22. The van der Waals surface area contributed by atoms with E-state index in [0.717, 1.165) is 5.56 Å². The van der Waals surface area contributed by atoms with E-state index < -0.39 is 5.97 Å². The highest BCUT2D eigenvalue weighted by molar-refractivity contribution is 5.88. The molecule has 0 fully saturated rings. The van der Waals surface area contributed by atoms with Gasteiger partial charge in [0.1, 0.15) is 6.61 Å². The van der Waals surface area contributed by atoms with E-state index in [1.807, 2.05) is 36.4 Å². The molecule has 0 spiro atoms. The van der Waals surface area contributed by atoms with E-state index in [1.54, 1.807) is 13.0 Å². The van der Waals surface area contributed by atoms with Gasteiger partial charge in [0.15, 0.2) is 0 Å². The molecule has 0 radical (unpaired) electrons. The molecule has 0 N–H and O–H groups in total. The van der Waals surface area contributed by atoms with Crippen molar-refractivity contribution in [2.75, 3.05) is 13.2 Å². The number of benzene rings is 1. The Kier molecular flexibility index (Phi) is 7.03. The van der Waals surface area contributed by atoms with Crippen LogP contribution >= 0.6 is 0 Å². The molecule has 1 aromatic rings. The first kappa shape index (κ1) is 14.0. The predicted octanol–water partition coefficient (Wildman–Crippen LogP) is 2.33. The zero-order valence-electron chi connectivity index (χ0n) is 10.4. The zero-order chi connectivity index (χ0) is 13.1. The van der Waals surface area contributed by atoms with Crippen LogP contribution < -0.4 is 0 Å². The fourth-order valence-electron chi connectivity index (χ4n) is 1.22. The van der Waals surface area contributed by atoms with Crippen LogP contribution in [-0.2, 0) is 20.9 Å². The highest BCUT2D eigenvalue weighted by Crippen LogP contribution is 1.99. The normalized spacial score (nSPS) is 9.83. The maximum Gasteiger partial charge on any atom is 0.384 e. The summed E-state index contributed by atoms with van der Waals surface area (Å²) < 4.78 is 10.2. The van der Waals surface area contributed by atoms with Gasteiger partial charge in [-0.2, -0.15) is 0 Å². The van der Waals surface area contributed by atoms with Crippen LogP contribution in [0.5, 0.6) is 0 Å². The van der Waals surface area contributed by atoms with E-state index in [-0.39, 0.29) is 6.61 Å². The molecule has 0 amide bonds. The molecule has 0 aliphatic carbocycles. The summed E-state index contributed by atoms with van der Waals surface area (Å²) in [5.41, 5.74) is 1.13. The van der Waals surface area contributed by atoms with Gasteiger partial charge in [0.2, 0.25) is 0 Å². The third-order valence-corrected chi connectivity index (χ3v) is 2.03. The van der Waals surface area contributed by atoms with Crippen LogP contribution in [0, 0.1) is 11.8 Å². The van der Waals surface area contributed by atoms with Crippen molar-refractivity contribution in [2.24, 2.45) is 0 Å². The van der Waals surface area contributed by atoms with Crippen LogP contribution in [0.25, 0.3) is 0 Å². The molecular formula is C15H16O3. The number of rotatable bonds is 6. The number of hydrogen-bond acceptors (Lipinski definition) is 3. The van der Waals surface area contributed by atoms with Gasteiger partial charge in [0.05, 0.1) is 13.2 Å². The van der Waals surface area contributed by atoms with Crippen LogP contribution in [0.1, 0.15) is 12.5 Å². The molecule has 18 heavy (non-hydrogen) atoms. The van der Waals surface area contributed by atoms with E-state index in [9.17, 15) is 4.79 Å². The van der Waals surface area contributed by atoms with Crippen LogP contribution in [-0.4, -0.2) is 19.2 Å². The van der Waals surface area contributed by atoms with E-state index in [1.165, 1.54) is 0 Å². The standard InChI is InChI=1S/C15H16O3/c1-2-8-15(16)18-12-7-6-11-17-13-14-9-4-3-5-10-14/h3-7,9-10H,11-13H2,1H3/b7-6+. The second-order valence-electron chi connectivity index (χ2n) is 3.45. The first-order valence-electron chi connectivity index (χ1n) is 5.69. The Morgan fingerprint density at radius 2 is 1.94 bits per heavy atom. The van der Waals surface area contributed by atoms with Crippen molar-refractivity contribution in [1.82, 2.24) is 0 Å². The summed E-state index contributed by atoms with van der Waals surface area (Å²) in [5, 5.41) is 0. The second kappa shape index (κ2) is 9.03. The average molecular weight is 244 g/mol. The number of esters is 1. The van der Waals surface area contributed by atoms with Crippen LogP contribution in [0.15, 0.2) is 42.5 Å². The van der Waals surface area contributed by atoms with Gasteiger partial charge in [-0.1, -0.05) is 42.3 Å². The molecule has 0 unspecified atom stereocenters. The Morgan fingerprint density at radius 1 is 1.22 bits per heavy atom. The lowest BCUT2D eigenvalue weighted by atomic mass is 10.2. The number of ether oxygens (including phenoxy) is 2. The molecule has 0 atom stereocenters. The summed E-state index contributed by atoms with van der Waals surface area (Å²) in [6.45, 7) is 2.88. The monoisotopic (exact) mass is 244 g/mol. The summed E-state index contributed by atoms with van der Waals surface area (Å²) in [6, 6.07) is 9.94. The highest BCUT2D eigenvalue weighted by atomic mass is 16.5. The minimum Gasteiger partial charge on any atom is -0.452 e. The lowest BCUT2D eigenvalue weighted by Crippen LogP contribution is -2.00. The van der Waals surface area contributed by atoms with Gasteiger partial charge in [0.25, 0.3) is 0 Å². The van der Waals surface area contributed by atoms with E-state index >= 15 is 0 Å². The molecule has 94 valence electrons. The van der Waals surface area contributed by atoms with Crippen molar-refractivity contribution >= 4 is 5.97 Å². The first-order chi connectivity index (χ1) is 8.83. The summed E-state index contributed by atoms with van der Waals surface area (Å²) in [6.07, 6.45) is 3.55. The Morgan fingerprint density at radius 3 is 2.67 bits per heavy atom. The van der Waals surface area contributed by atoms with Gasteiger partial charge in [-0.05, 0) is 18.6 Å². The van der Waals surface area contributed by atoms with Crippen molar-refractivity contribution in [3.05, 3.63) is 48.0 Å². The molecular weight excluding hydrogens is 228 g/mol. The number of carbonyl (C=O) groups excluding carboxylic acids is 1. The zero-order valence-corrected chi connectivity index (χ0v) is 10.4.